The molecule has 0 saturated heterocycles. The zero-order chi connectivity index (χ0) is 20.8. The van der Waals surface area contributed by atoms with Gasteiger partial charge in [-0.3, -0.25) is 9.52 Å². The van der Waals surface area contributed by atoms with Crippen molar-refractivity contribution < 1.29 is 22.0 Å². The van der Waals surface area contributed by atoms with E-state index in [1.165, 1.54) is 30.6 Å². The van der Waals surface area contributed by atoms with Crippen molar-refractivity contribution in [2.24, 2.45) is 0 Å². The number of hydrogen-bond donors (Lipinski definition) is 2. The molecule has 0 fully saturated rings. The Balaban J connectivity index is 1.78. The van der Waals surface area contributed by atoms with Crippen molar-refractivity contribution >= 4 is 44.1 Å². The quantitative estimate of drug-likeness (QED) is 0.584. The number of nitrogens with one attached hydrogen (secondary N) is 2. The zero-order valence-corrected chi connectivity index (χ0v) is 16.1. The number of H-pyrrole nitrogens is 1. The number of aromatic nitrogens is 2. The normalized spacial score (nSPS) is 13.7. The van der Waals surface area contributed by atoms with Crippen molar-refractivity contribution in [2.75, 3.05) is 4.72 Å². The maximum absolute atomic E-state index is 15.0. The first-order chi connectivity index (χ1) is 13.8. The second-order valence-corrected chi connectivity index (χ2v) is 8.33. The molecule has 2 N–H and O–H groups in total. The van der Waals surface area contributed by atoms with Gasteiger partial charge in [0.25, 0.3) is 10.0 Å². The molecule has 0 radical (unpaired) electrons. The summed E-state index contributed by atoms with van der Waals surface area (Å²) in [7, 11) is -4.07. The number of carbonyl (C=O) groups is 1. The Hall–Kier alpha value is -3.04. The van der Waals surface area contributed by atoms with E-state index in [0.717, 1.165) is 12.1 Å². The first-order valence-electron chi connectivity index (χ1n) is 8.33. The third-order valence-corrected chi connectivity index (χ3v) is 5.97. The van der Waals surface area contributed by atoms with E-state index in [4.69, 9.17) is 11.6 Å². The van der Waals surface area contributed by atoms with Crippen LogP contribution in [-0.2, 0) is 10.0 Å². The number of aromatic amines is 1. The van der Waals surface area contributed by atoms with Gasteiger partial charge < -0.3 is 4.98 Å². The van der Waals surface area contributed by atoms with Gasteiger partial charge in [0.1, 0.15) is 11.5 Å². The van der Waals surface area contributed by atoms with E-state index in [-0.39, 0.29) is 20.9 Å². The Morgan fingerprint density at radius 1 is 1.28 bits per heavy atom. The van der Waals surface area contributed by atoms with Crippen LogP contribution in [0.3, 0.4) is 0 Å². The predicted octanol–water partition coefficient (Wildman–Crippen LogP) is 4.31. The van der Waals surface area contributed by atoms with Crippen molar-refractivity contribution in [3.8, 4) is 0 Å². The van der Waals surface area contributed by atoms with Crippen LogP contribution in [0.2, 0.25) is 5.02 Å². The van der Waals surface area contributed by atoms with Crippen molar-refractivity contribution in [3.63, 3.8) is 0 Å². The number of anilines is 1. The van der Waals surface area contributed by atoms with Gasteiger partial charge in [0.2, 0.25) is 5.78 Å². The van der Waals surface area contributed by atoms with Crippen LogP contribution in [0.1, 0.15) is 22.3 Å². The molecule has 148 valence electrons. The average molecular weight is 436 g/mol. The van der Waals surface area contributed by atoms with E-state index in [1.807, 2.05) is 0 Å². The lowest BCUT2D eigenvalue weighted by Crippen LogP contribution is -2.17. The topological polar surface area (TPSA) is 91.9 Å². The number of hydrogen-bond acceptors (Lipinski definition) is 4. The van der Waals surface area contributed by atoms with Gasteiger partial charge in [-0.2, -0.15) is 0 Å². The van der Waals surface area contributed by atoms with Gasteiger partial charge in [0.05, 0.1) is 21.2 Å². The molecule has 2 heterocycles. The minimum absolute atomic E-state index is 0.0357. The summed E-state index contributed by atoms with van der Waals surface area (Å²) >= 11 is 5.90. The van der Waals surface area contributed by atoms with Crippen LogP contribution < -0.4 is 4.72 Å². The van der Waals surface area contributed by atoms with Crippen LogP contribution in [0.25, 0.3) is 11.0 Å². The third kappa shape index (κ3) is 3.43. The van der Waals surface area contributed by atoms with Crippen molar-refractivity contribution in [1.29, 1.82) is 0 Å². The third-order valence-electron chi connectivity index (χ3n) is 4.35. The Labute approximate surface area is 169 Å². The summed E-state index contributed by atoms with van der Waals surface area (Å²) in [5.74, 6) is -3.42. The Morgan fingerprint density at radius 3 is 2.79 bits per heavy atom. The van der Waals surface area contributed by atoms with Crippen molar-refractivity contribution in [3.05, 3.63) is 81.5 Å². The second-order valence-electron chi connectivity index (χ2n) is 6.22. The fraction of sp³-hybridized carbons (Fsp3) is 0.0526. The number of nitrogens with zero attached hydrogens (tertiary/aromatic N) is 1. The van der Waals surface area contributed by atoms with Crippen LogP contribution in [-0.4, -0.2) is 24.2 Å². The van der Waals surface area contributed by atoms with E-state index >= 15 is 0 Å². The number of ketones is 1. The van der Waals surface area contributed by atoms with Gasteiger partial charge in [0, 0.05) is 23.3 Å². The molecule has 0 atom stereocenters. The molecular weight excluding hydrogens is 424 g/mol. The molecule has 0 saturated carbocycles. The Bertz CT molecular complexity index is 1330. The SMILES string of the molecule is O=C(c1c(F)ccc(NS(=O)(=O)C2=CCC=C2)c1F)c1c[nH]c2ncc(Cl)cc12. The smallest absolute Gasteiger partial charge is 0.261 e. The predicted molar refractivity (Wildman–Crippen MR) is 105 cm³/mol. The van der Waals surface area contributed by atoms with Crippen LogP contribution in [0.4, 0.5) is 14.5 Å². The fourth-order valence-electron chi connectivity index (χ4n) is 2.98. The molecule has 0 bridgehead atoms. The average Bonchev–Trinajstić information content (AvgIpc) is 3.34. The first-order valence-corrected chi connectivity index (χ1v) is 10.2. The molecule has 2 aromatic heterocycles. The van der Waals surface area contributed by atoms with Crippen LogP contribution in [0.5, 0.6) is 0 Å². The van der Waals surface area contributed by atoms with Gasteiger partial charge in [-0.25, -0.2) is 22.2 Å². The van der Waals surface area contributed by atoms with Gasteiger partial charge in [-0.15, -0.1) is 0 Å². The lowest BCUT2D eigenvalue weighted by atomic mass is 10.0. The summed E-state index contributed by atoms with van der Waals surface area (Å²) in [4.78, 5) is 19.6. The van der Waals surface area contributed by atoms with Crippen LogP contribution >= 0.6 is 11.6 Å². The van der Waals surface area contributed by atoms with Crippen molar-refractivity contribution in [2.45, 2.75) is 6.42 Å². The van der Waals surface area contributed by atoms with Gasteiger partial charge in [-0.1, -0.05) is 23.8 Å². The Kier molecular flexibility index (Phi) is 4.71. The van der Waals surface area contributed by atoms with E-state index in [2.05, 4.69) is 14.7 Å². The highest BCUT2D eigenvalue weighted by atomic mass is 35.5. The van der Waals surface area contributed by atoms with Crippen molar-refractivity contribution in [1.82, 2.24) is 9.97 Å². The molecule has 0 unspecified atom stereocenters. The molecule has 0 aliphatic heterocycles. The summed E-state index contributed by atoms with van der Waals surface area (Å²) in [6.07, 6.45) is 7.50. The van der Waals surface area contributed by atoms with E-state index in [1.54, 1.807) is 6.08 Å². The number of pyridine rings is 1. The lowest BCUT2D eigenvalue weighted by molar-refractivity contribution is 0.103. The number of halogens is 3. The molecule has 0 spiro atoms. The maximum Gasteiger partial charge on any atom is 0.261 e. The van der Waals surface area contributed by atoms with Crippen LogP contribution in [0.15, 0.2) is 53.7 Å². The second kappa shape index (κ2) is 7.09. The summed E-state index contributed by atoms with van der Waals surface area (Å²) < 4.78 is 56.1. The van der Waals surface area contributed by atoms with E-state index in [0.29, 0.717) is 12.1 Å². The summed E-state index contributed by atoms with van der Waals surface area (Å²) in [6, 6.07) is 3.19. The summed E-state index contributed by atoms with van der Waals surface area (Å²) in [6.45, 7) is 0. The summed E-state index contributed by atoms with van der Waals surface area (Å²) in [5, 5.41) is 0.528. The molecule has 0 amide bonds. The first kappa shape index (κ1) is 19.3. The van der Waals surface area contributed by atoms with Gasteiger partial charge >= 0.3 is 0 Å². The summed E-state index contributed by atoms with van der Waals surface area (Å²) in [5.41, 5.74) is -1.15. The molecule has 6 nitrogen and oxygen atoms in total. The lowest BCUT2D eigenvalue weighted by Gasteiger charge is -2.12. The largest absolute Gasteiger partial charge is 0.345 e. The fourth-order valence-corrected chi connectivity index (χ4v) is 4.29. The number of allylic oxidation sites excluding steroid dienone is 3. The zero-order valence-electron chi connectivity index (χ0n) is 14.5. The number of benzene rings is 1. The minimum Gasteiger partial charge on any atom is -0.345 e. The molecule has 1 aromatic carbocycles. The number of sulfonamides is 1. The molecular formula is C19H12ClF2N3O3S. The highest BCUT2D eigenvalue weighted by Crippen LogP contribution is 2.29. The highest BCUT2D eigenvalue weighted by Gasteiger charge is 2.27. The number of carbonyl (C=O) groups excluding carboxylic acids is 1. The molecule has 1 aliphatic carbocycles. The van der Waals surface area contributed by atoms with Gasteiger partial charge in [0.15, 0.2) is 5.82 Å². The number of fused-ring (bicyclic) bond motifs is 1. The van der Waals surface area contributed by atoms with Crippen LogP contribution in [0, 0.1) is 11.6 Å². The standard InChI is InChI=1S/C19H12ClF2N3O3S/c20-10-7-12-13(9-24-19(12)23-8-10)18(26)16-14(21)5-6-15(17(16)22)25-29(27,28)11-3-1-2-4-11/h1,3-9,25H,2H2,(H,23,24). The molecule has 29 heavy (non-hydrogen) atoms. The molecule has 3 aromatic rings. The minimum atomic E-state index is -4.07. The van der Waals surface area contributed by atoms with E-state index < -0.39 is 38.7 Å². The molecule has 10 heteroatoms. The highest BCUT2D eigenvalue weighted by molar-refractivity contribution is 7.96. The Morgan fingerprint density at radius 2 is 2.07 bits per heavy atom. The monoisotopic (exact) mass is 435 g/mol. The van der Waals surface area contributed by atoms with E-state index in [9.17, 15) is 22.0 Å². The maximum atomic E-state index is 15.0. The molecule has 1 aliphatic rings. The van der Waals surface area contributed by atoms with Gasteiger partial charge in [-0.05, 0) is 30.7 Å². The number of rotatable bonds is 5. The molecule has 4 rings (SSSR count).